The molecule has 1 saturated heterocycles. The van der Waals surface area contributed by atoms with Crippen LogP contribution in [0.15, 0.2) is 54.6 Å². The number of halogens is 4. The Morgan fingerprint density at radius 2 is 1.60 bits per heavy atom. The summed E-state index contributed by atoms with van der Waals surface area (Å²) in [6.45, 7) is 7.51. The van der Waals surface area contributed by atoms with Crippen LogP contribution in [0.3, 0.4) is 0 Å². The maximum Gasteiger partial charge on any atom is 0.246 e. The van der Waals surface area contributed by atoms with E-state index < -0.39 is 6.04 Å². The highest BCUT2D eigenvalue weighted by atomic mass is 35.5. The third kappa shape index (κ3) is 8.21. The van der Waals surface area contributed by atoms with E-state index in [1.54, 1.807) is 23.1 Å². The van der Waals surface area contributed by atoms with Gasteiger partial charge < -0.3 is 19.3 Å². The van der Waals surface area contributed by atoms with Crippen LogP contribution >= 0.6 is 46.4 Å². The molecule has 5 rings (SSSR count). The quantitative estimate of drug-likeness (QED) is 0.168. The third-order valence-corrected chi connectivity index (χ3v) is 9.90. The summed E-state index contributed by atoms with van der Waals surface area (Å²) in [7, 11) is 0. The van der Waals surface area contributed by atoms with Crippen LogP contribution in [-0.2, 0) is 22.6 Å². The van der Waals surface area contributed by atoms with Crippen LogP contribution in [0.5, 0.6) is 11.5 Å². The number of amides is 2. The summed E-state index contributed by atoms with van der Waals surface area (Å²) < 4.78 is 11.6. The number of nitrogens with zero attached hydrogens (tertiary/aromatic N) is 2. The minimum Gasteiger partial charge on any atom is -0.490 e. The molecule has 240 valence electrons. The van der Waals surface area contributed by atoms with Gasteiger partial charge in [0, 0.05) is 31.5 Å². The summed E-state index contributed by atoms with van der Waals surface area (Å²) in [5.74, 6) is 1.22. The van der Waals surface area contributed by atoms with Crippen molar-refractivity contribution in [1.29, 1.82) is 0 Å². The van der Waals surface area contributed by atoms with Crippen LogP contribution < -0.4 is 9.47 Å². The Morgan fingerprint density at radius 1 is 0.933 bits per heavy atom. The molecule has 2 atom stereocenters. The van der Waals surface area contributed by atoms with Gasteiger partial charge in [0.15, 0.2) is 5.75 Å². The Balaban J connectivity index is 1.28. The SMILES string of the molecule is Cc1cc(Cl)c(OCCOc2ccc(CC(C(=O)N(Cc3cccc(Cl)c3Cl)C3CC3)N3CCC(C(C)C)C3=O)cc2)c(Cl)c1. The second-order valence-electron chi connectivity index (χ2n) is 12.2. The molecule has 0 spiro atoms. The maximum atomic E-state index is 14.4. The van der Waals surface area contributed by atoms with E-state index in [1.165, 1.54) is 0 Å². The average molecular weight is 693 g/mol. The first-order valence-corrected chi connectivity index (χ1v) is 16.9. The van der Waals surface area contributed by atoms with E-state index in [4.69, 9.17) is 55.9 Å². The average Bonchev–Trinajstić information content (AvgIpc) is 3.77. The lowest BCUT2D eigenvalue weighted by Crippen LogP contribution is -2.51. The van der Waals surface area contributed by atoms with Gasteiger partial charge in [-0.25, -0.2) is 0 Å². The fourth-order valence-electron chi connectivity index (χ4n) is 5.88. The molecule has 2 unspecified atom stereocenters. The zero-order chi connectivity index (χ0) is 32.2. The molecule has 3 aromatic rings. The molecule has 1 aliphatic carbocycles. The number of carbonyl (C=O) groups excluding carboxylic acids is 2. The molecule has 0 radical (unpaired) electrons. The number of likely N-dealkylation sites (tertiary alicyclic amines) is 1. The predicted octanol–water partition coefficient (Wildman–Crippen LogP) is 8.67. The number of rotatable bonds is 13. The van der Waals surface area contributed by atoms with Gasteiger partial charge in [-0.15, -0.1) is 0 Å². The van der Waals surface area contributed by atoms with Crippen molar-refractivity contribution in [3.05, 3.63) is 91.4 Å². The minimum absolute atomic E-state index is 0.0496. The van der Waals surface area contributed by atoms with Crippen molar-refractivity contribution in [3.63, 3.8) is 0 Å². The summed E-state index contributed by atoms with van der Waals surface area (Å²) in [4.78, 5) is 31.6. The lowest BCUT2D eigenvalue weighted by Gasteiger charge is -2.33. The molecule has 2 amide bonds. The molecule has 0 N–H and O–H groups in total. The summed E-state index contributed by atoms with van der Waals surface area (Å²) in [6.07, 6.45) is 3.00. The van der Waals surface area contributed by atoms with Gasteiger partial charge in [-0.3, -0.25) is 9.59 Å². The maximum absolute atomic E-state index is 14.4. The molecule has 2 fully saturated rings. The smallest absolute Gasteiger partial charge is 0.246 e. The van der Waals surface area contributed by atoms with E-state index in [2.05, 4.69) is 13.8 Å². The molecule has 3 aromatic carbocycles. The van der Waals surface area contributed by atoms with Gasteiger partial charge in [-0.2, -0.15) is 0 Å². The van der Waals surface area contributed by atoms with Crippen molar-refractivity contribution >= 4 is 58.2 Å². The fraction of sp³-hybridized carbons (Fsp3) is 0.429. The highest BCUT2D eigenvalue weighted by Crippen LogP contribution is 2.36. The molecule has 45 heavy (non-hydrogen) atoms. The van der Waals surface area contributed by atoms with Crippen LogP contribution in [0.2, 0.25) is 20.1 Å². The highest BCUT2D eigenvalue weighted by Gasteiger charge is 2.44. The van der Waals surface area contributed by atoms with Gasteiger partial charge in [-0.1, -0.05) is 84.5 Å². The second-order valence-corrected chi connectivity index (χ2v) is 13.8. The molecule has 1 heterocycles. The number of hydrogen-bond acceptors (Lipinski definition) is 4. The molecule has 2 aliphatic rings. The molecule has 0 bridgehead atoms. The monoisotopic (exact) mass is 690 g/mol. The number of hydrogen-bond donors (Lipinski definition) is 0. The third-order valence-electron chi connectivity index (χ3n) is 8.48. The molecule has 1 saturated carbocycles. The Morgan fingerprint density at radius 3 is 2.22 bits per heavy atom. The van der Waals surface area contributed by atoms with Crippen LogP contribution in [-0.4, -0.2) is 53.5 Å². The summed E-state index contributed by atoms with van der Waals surface area (Å²) in [5, 5.41) is 1.83. The van der Waals surface area contributed by atoms with E-state index in [1.807, 2.05) is 48.2 Å². The molecular weight excluding hydrogens is 654 g/mol. The van der Waals surface area contributed by atoms with Crippen molar-refractivity contribution in [3.8, 4) is 11.5 Å². The number of carbonyl (C=O) groups is 2. The highest BCUT2D eigenvalue weighted by molar-refractivity contribution is 6.42. The standard InChI is InChI=1S/C35H38Cl4N2O4/c1-21(2)27-13-14-40(34(27)42)31(35(43)41(25-9-10-25)20-24-5-4-6-28(36)32(24)39)19-23-7-11-26(12-8-23)44-15-16-45-33-29(37)17-22(3)18-30(33)38/h4-8,11-12,17-18,21,25,27,31H,9-10,13-16,19-20H2,1-3H3. The normalized spacial score (nSPS) is 17.1. The lowest BCUT2D eigenvalue weighted by atomic mass is 9.94. The van der Waals surface area contributed by atoms with E-state index in [0.717, 1.165) is 36.0 Å². The summed E-state index contributed by atoms with van der Waals surface area (Å²) in [6, 6.07) is 16.2. The van der Waals surface area contributed by atoms with Crippen molar-refractivity contribution in [2.24, 2.45) is 11.8 Å². The second kappa shape index (κ2) is 14.8. The Hall–Kier alpha value is -2.64. The molecule has 6 nitrogen and oxygen atoms in total. The van der Waals surface area contributed by atoms with E-state index in [9.17, 15) is 9.59 Å². The molecular formula is C35H38Cl4N2O4. The Labute approximate surface area is 285 Å². The van der Waals surface area contributed by atoms with E-state index in [-0.39, 0.29) is 36.3 Å². The first kappa shape index (κ1) is 33.7. The first-order valence-electron chi connectivity index (χ1n) is 15.4. The summed E-state index contributed by atoms with van der Waals surface area (Å²) in [5.41, 5.74) is 2.69. The molecule has 0 aromatic heterocycles. The van der Waals surface area contributed by atoms with E-state index in [0.29, 0.717) is 57.7 Å². The lowest BCUT2D eigenvalue weighted by molar-refractivity contribution is -0.146. The van der Waals surface area contributed by atoms with Gasteiger partial charge in [0.25, 0.3) is 0 Å². The van der Waals surface area contributed by atoms with Crippen molar-refractivity contribution in [2.45, 2.75) is 65.1 Å². The molecule has 10 heteroatoms. The zero-order valence-electron chi connectivity index (χ0n) is 25.7. The number of ether oxygens (including phenoxy) is 2. The fourth-order valence-corrected chi connectivity index (χ4v) is 6.96. The van der Waals surface area contributed by atoms with Crippen LogP contribution in [0.4, 0.5) is 0 Å². The topological polar surface area (TPSA) is 59.1 Å². The van der Waals surface area contributed by atoms with Crippen molar-refractivity contribution in [1.82, 2.24) is 9.80 Å². The van der Waals surface area contributed by atoms with E-state index >= 15 is 0 Å². The molecule has 1 aliphatic heterocycles. The van der Waals surface area contributed by atoms with Crippen LogP contribution in [0, 0.1) is 18.8 Å². The Bertz CT molecular complexity index is 1500. The number of aryl methyl sites for hydroxylation is 1. The number of benzene rings is 3. The summed E-state index contributed by atoms with van der Waals surface area (Å²) >= 11 is 25.4. The zero-order valence-corrected chi connectivity index (χ0v) is 28.7. The van der Waals surface area contributed by atoms with Gasteiger partial charge in [0.05, 0.1) is 20.1 Å². The minimum atomic E-state index is -0.621. The predicted molar refractivity (Wildman–Crippen MR) is 181 cm³/mol. The largest absolute Gasteiger partial charge is 0.490 e. The van der Waals surface area contributed by atoms with Gasteiger partial charge in [-0.05, 0) is 79.1 Å². The Kier molecular flexibility index (Phi) is 11.1. The first-order chi connectivity index (χ1) is 21.5. The van der Waals surface area contributed by atoms with Crippen LogP contribution in [0.1, 0.15) is 49.8 Å². The van der Waals surface area contributed by atoms with Gasteiger partial charge in [0.2, 0.25) is 11.8 Å². The van der Waals surface area contributed by atoms with Crippen LogP contribution in [0.25, 0.3) is 0 Å². The van der Waals surface area contributed by atoms with Crippen molar-refractivity contribution < 1.29 is 19.1 Å². The van der Waals surface area contributed by atoms with Gasteiger partial charge in [0.1, 0.15) is 25.0 Å². The van der Waals surface area contributed by atoms with Gasteiger partial charge >= 0.3 is 0 Å². The van der Waals surface area contributed by atoms with Crippen molar-refractivity contribution in [2.75, 3.05) is 19.8 Å².